The molecule has 0 aliphatic carbocycles. The first-order chi connectivity index (χ1) is 5.77. The van der Waals surface area contributed by atoms with Crippen molar-refractivity contribution in [3.63, 3.8) is 0 Å². The zero-order valence-corrected chi connectivity index (χ0v) is 7.33. The molecule has 12 heavy (non-hydrogen) atoms. The predicted molar refractivity (Wildman–Crippen MR) is 50.2 cm³/mol. The van der Waals surface area contributed by atoms with Crippen molar-refractivity contribution in [1.82, 2.24) is 0 Å². The first-order valence-electron chi connectivity index (χ1n) is 3.87. The Hall–Kier alpha value is -1.44. The molecule has 1 aromatic rings. The minimum Gasteiger partial charge on any atom is -0.205 e. The van der Waals surface area contributed by atoms with Crippen molar-refractivity contribution < 1.29 is 0 Å². The standard InChI is InChI=1S/C10H12N2/c1-3-9-5-4-8(2)6-10(9)7-12-11/h3-7,11H,1-2H3/b9-3-,10-7-,12-11?. The fraction of sp³-hybridized carbons (Fsp3) is 0.200. The van der Waals surface area contributed by atoms with Crippen LogP contribution in [0.1, 0.15) is 12.5 Å². The van der Waals surface area contributed by atoms with E-state index in [-0.39, 0.29) is 0 Å². The van der Waals surface area contributed by atoms with E-state index >= 15 is 0 Å². The highest BCUT2D eigenvalue weighted by atomic mass is 14.9. The van der Waals surface area contributed by atoms with Crippen LogP contribution >= 0.6 is 0 Å². The summed E-state index contributed by atoms with van der Waals surface area (Å²) in [5, 5.41) is 5.39. The second-order valence-corrected chi connectivity index (χ2v) is 2.68. The van der Waals surface area contributed by atoms with E-state index in [1.807, 2.05) is 32.1 Å². The van der Waals surface area contributed by atoms with Crippen LogP contribution in [0.15, 0.2) is 23.3 Å². The van der Waals surface area contributed by atoms with Gasteiger partial charge in [0.2, 0.25) is 0 Å². The highest BCUT2D eigenvalue weighted by molar-refractivity contribution is 5.31. The Morgan fingerprint density at radius 1 is 1.33 bits per heavy atom. The van der Waals surface area contributed by atoms with E-state index in [4.69, 9.17) is 5.53 Å². The molecule has 1 N–H and O–H groups in total. The van der Waals surface area contributed by atoms with E-state index in [0.29, 0.717) is 0 Å². The van der Waals surface area contributed by atoms with Gasteiger partial charge in [-0.1, -0.05) is 23.8 Å². The maximum Gasteiger partial charge on any atom is 0.0567 e. The number of nitrogens with zero attached hydrogens (tertiary/aromatic N) is 1. The molecule has 2 heteroatoms. The average Bonchev–Trinajstić information content (AvgIpc) is 2.05. The van der Waals surface area contributed by atoms with Crippen LogP contribution in [0.2, 0.25) is 0 Å². The SMILES string of the molecule is C/C=c1/ccc(C)c/c1=C/N=N. The smallest absolute Gasteiger partial charge is 0.0567 e. The zero-order valence-electron chi connectivity index (χ0n) is 7.33. The molecule has 0 amide bonds. The highest BCUT2D eigenvalue weighted by Gasteiger charge is 1.85. The molecule has 0 aliphatic rings. The summed E-state index contributed by atoms with van der Waals surface area (Å²) in [5.74, 6) is 0. The lowest BCUT2D eigenvalue weighted by Gasteiger charge is -1.91. The Bertz CT molecular complexity index is 391. The third-order valence-corrected chi connectivity index (χ3v) is 1.76. The predicted octanol–water partition coefficient (Wildman–Crippen LogP) is 1.56. The molecule has 0 aromatic heterocycles. The van der Waals surface area contributed by atoms with E-state index in [0.717, 1.165) is 10.4 Å². The molecule has 1 aromatic carbocycles. The molecule has 2 nitrogen and oxygen atoms in total. The minimum absolute atomic E-state index is 1.01. The fourth-order valence-electron chi connectivity index (χ4n) is 1.14. The van der Waals surface area contributed by atoms with Gasteiger partial charge < -0.3 is 0 Å². The number of hydrogen-bond donors (Lipinski definition) is 1. The normalized spacial score (nSPS) is 13.5. The van der Waals surface area contributed by atoms with Gasteiger partial charge in [0.15, 0.2) is 0 Å². The van der Waals surface area contributed by atoms with E-state index in [9.17, 15) is 0 Å². The third-order valence-electron chi connectivity index (χ3n) is 1.76. The lowest BCUT2D eigenvalue weighted by molar-refractivity contribution is 1.18. The van der Waals surface area contributed by atoms with Gasteiger partial charge in [0.05, 0.1) is 6.20 Å². The van der Waals surface area contributed by atoms with E-state index in [1.165, 1.54) is 5.56 Å². The number of benzene rings is 1. The summed E-state index contributed by atoms with van der Waals surface area (Å²) in [7, 11) is 0. The van der Waals surface area contributed by atoms with Crippen molar-refractivity contribution in [2.75, 3.05) is 0 Å². The lowest BCUT2D eigenvalue weighted by atomic mass is 10.2. The van der Waals surface area contributed by atoms with Gasteiger partial charge in [0.25, 0.3) is 0 Å². The van der Waals surface area contributed by atoms with Gasteiger partial charge in [-0.3, -0.25) is 0 Å². The van der Waals surface area contributed by atoms with Gasteiger partial charge in [-0.15, -0.1) is 0 Å². The molecule has 0 radical (unpaired) electrons. The van der Waals surface area contributed by atoms with Crippen molar-refractivity contribution in [2.45, 2.75) is 13.8 Å². The Morgan fingerprint density at radius 3 is 2.67 bits per heavy atom. The van der Waals surface area contributed by atoms with Crippen molar-refractivity contribution in [3.05, 3.63) is 34.2 Å². The third kappa shape index (κ3) is 1.78. The van der Waals surface area contributed by atoms with Crippen LogP contribution in [0, 0.1) is 12.5 Å². The summed E-state index contributed by atoms with van der Waals surface area (Å²) >= 11 is 0. The Labute approximate surface area is 71.7 Å². The summed E-state index contributed by atoms with van der Waals surface area (Å²) in [6.07, 6.45) is 3.57. The zero-order chi connectivity index (χ0) is 8.97. The van der Waals surface area contributed by atoms with E-state index < -0.39 is 0 Å². The second-order valence-electron chi connectivity index (χ2n) is 2.68. The topological polar surface area (TPSA) is 36.2 Å². The number of rotatable bonds is 1. The van der Waals surface area contributed by atoms with Gasteiger partial charge in [0, 0.05) is 5.22 Å². The summed E-state index contributed by atoms with van der Waals surface area (Å²) < 4.78 is 0. The quantitative estimate of drug-likeness (QED) is 0.605. The Balaban J connectivity index is 3.53. The van der Waals surface area contributed by atoms with Crippen molar-refractivity contribution in [3.8, 4) is 0 Å². The monoisotopic (exact) mass is 160 g/mol. The molecule has 0 fully saturated rings. The number of hydrogen-bond acceptors (Lipinski definition) is 2. The van der Waals surface area contributed by atoms with Crippen molar-refractivity contribution in [1.29, 1.82) is 5.53 Å². The molecular weight excluding hydrogens is 148 g/mol. The van der Waals surface area contributed by atoms with Crippen molar-refractivity contribution in [2.24, 2.45) is 5.11 Å². The molecular formula is C10H12N2. The number of aryl methyl sites for hydroxylation is 1. The van der Waals surface area contributed by atoms with Gasteiger partial charge in [-0.05, 0) is 25.1 Å². The highest BCUT2D eigenvalue weighted by Crippen LogP contribution is 1.86. The largest absolute Gasteiger partial charge is 0.205 e. The molecule has 0 atom stereocenters. The molecule has 62 valence electrons. The molecule has 0 unspecified atom stereocenters. The van der Waals surface area contributed by atoms with E-state index in [1.54, 1.807) is 6.20 Å². The molecule has 0 spiro atoms. The number of nitrogens with one attached hydrogen (secondary N) is 1. The van der Waals surface area contributed by atoms with Crippen LogP contribution in [-0.4, -0.2) is 0 Å². The molecule has 0 saturated heterocycles. The Kier molecular flexibility index (Phi) is 2.75. The van der Waals surface area contributed by atoms with Gasteiger partial charge in [0.1, 0.15) is 0 Å². The van der Waals surface area contributed by atoms with Gasteiger partial charge >= 0.3 is 0 Å². The van der Waals surface area contributed by atoms with Crippen LogP contribution < -0.4 is 10.4 Å². The second kappa shape index (κ2) is 3.81. The molecule has 0 aliphatic heterocycles. The van der Waals surface area contributed by atoms with Crippen LogP contribution in [0.4, 0.5) is 0 Å². The van der Waals surface area contributed by atoms with E-state index in [2.05, 4.69) is 11.2 Å². The van der Waals surface area contributed by atoms with Gasteiger partial charge in [-0.2, -0.15) is 5.11 Å². The lowest BCUT2D eigenvalue weighted by Crippen LogP contribution is -2.23. The molecule has 1 rings (SSSR count). The van der Waals surface area contributed by atoms with Crippen LogP contribution in [-0.2, 0) is 0 Å². The molecule has 0 bridgehead atoms. The van der Waals surface area contributed by atoms with Crippen LogP contribution in [0.25, 0.3) is 12.3 Å². The van der Waals surface area contributed by atoms with Crippen LogP contribution in [0.3, 0.4) is 0 Å². The van der Waals surface area contributed by atoms with Crippen LogP contribution in [0.5, 0.6) is 0 Å². The molecule has 0 heterocycles. The summed E-state index contributed by atoms with van der Waals surface area (Å²) in [5.41, 5.74) is 7.93. The maximum absolute atomic E-state index is 6.74. The minimum atomic E-state index is 1.01. The average molecular weight is 160 g/mol. The first kappa shape index (κ1) is 8.65. The fourth-order valence-corrected chi connectivity index (χ4v) is 1.14. The molecule has 0 saturated carbocycles. The summed E-state index contributed by atoms with van der Waals surface area (Å²) in [6.45, 7) is 4.01. The summed E-state index contributed by atoms with van der Waals surface area (Å²) in [6, 6.07) is 6.11. The maximum atomic E-state index is 6.74. The van der Waals surface area contributed by atoms with Crippen molar-refractivity contribution >= 4 is 12.3 Å². The Morgan fingerprint density at radius 2 is 2.08 bits per heavy atom. The first-order valence-corrected chi connectivity index (χ1v) is 3.87. The van der Waals surface area contributed by atoms with Gasteiger partial charge in [-0.25, -0.2) is 5.53 Å². The summed E-state index contributed by atoms with van der Waals surface area (Å²) in [4.78, 5) is 0.